The van der Waals surface area contributed by atoms with Gasteiger partial charge in [0.05, 0.1) is 5.56 Å². The monoisotopic (exact) mass is 274 g/mol. The molecule has 106 valence electrons. The van der Waals surface area contributed by atoms with Gasteiger partial charge in [-0.1, -0.05) is 11.2 Å². The van der Waals surface area contributed by atoms with Crippen molar-refractivity contribution in [2.45, 2.75) is 32.8 Å². The molecule has 0 spiro atoms. The Bertz CT molecular complexity index is 605. The number of aromatic nitrogens is 2. The number of ether oxygens (including phenoxy) is 1. The molecular formula is C15H18N2O3. The third-order valence-corrected chi connectivity index (χ3v) is 3.48. The molecular weight excluding hydrogens is 256 g/mol. The zero-order valence-corrected chi connectivity index (χ0v) is 11.7. The molecule has 0 aliphatic heterocycles. The Kier molecular flexibility index (Phi) is 3.44. The van der Waals surface area contributed by atoms with Crippen LogP contribution in [0.2, 0.25) is 0 Å². The highest BCUT2D eigenvalue weighted by molar-refractivity contribution is 5.62. The van der Waals surface area contributed by atoms with Crippen LogP contribution >= 0.6 is 0 Å². The van der Waals surface area contributed by atoms with Gasteiger partial charge in [0.1, 0.15) is 11.9 Å². The lowest BCUT2D eigenvalue weighted by molar-refractivity contribution is 0.0385. The number of phenolic OH excluding ortho intramolecular Hbond substituents is 1. The number of aryl methyl sites for hydroxylation is 1. The summed E-state index contributed by atoms with van der Waals surface area (Å²) in [6.45, 7) is 4.50. The molecule has 1 heterocycles. The van der Waals surface area contributed by atoms with Crippen LogP contribution < -0.4 is 0 Å². The summed E-state index contributed by atoms with van der Waals surface area (Å²) in [7, 11) is 0. The summed E-state index contributed by atoms with van der Waals surface area (Å²) >= 11 is 0. The molecule has 0 amide bonds. The maximum absolute atomic E-state index is 9.96. The highest BCUT2D eigenvalue weighted by Crippen LogP contribution is 2.42. The zero-order valence-electron chi connectivity index (χ0n) is 11.7. The average Bonchev–Trinajstić information content (AvgIpc) is 3.14. The van der Waals surface area contributed by atoms with E-state index in [-0.39, 0.29) is 11.9 Å². The van der Waals surface area contributed by atoms with E-state index in [0.29, 0.717) is 29.8 Å². The number of aromatic hydroxyl groups is 1. The van der Waals surface area contributed by atoms with E-state index in [1.807, 2.05) is 19.9 Å². The largest absolute Gasteiger partial charge is 0.507 e. The number of hydrogen-bond donors (Lipinski definition) is 1. The smallest absolute Gasteiger partial charge is 0.261 e. The molecule has 0 saturated heterocycles. The number of benzene rings is 1. The quantitative estimate of drug-likeness (QED) is 0.906. The number of rotatable bonds is 5. The van der Waals surface area contributed by atoms with Gasteiger partial charge in [0.15, 0.2) is 0 Å². The first-order chi connectivity index (χ1) is 9.69. The van der Waals surface area contributed by atoms with Crippen molar-refractivity contribution < 1.29 is 14.4 Å². The van der Waals surface area contributed by atoms with Crippen LogP contribution in [0.4, 0.5) is 0 Å². The van der Waals surface area contributed by atoms with Crippen molar-refractivity contribution in [1.29, 1.82) is 0 Å². The Morgan fingerprint density at radius 3 is 2.90 bits per heavy atom. The van der Waals surface area contributed by atoms with Crippen molar-refractivity contribution in [1.82, 2.24) is 10.1 Å². The van der Waals surface area contributed by atoms with Crippen molar-refractivity contribution in [3.8, 4) is 17.2 Å². The summed E-state index contributed by atoms with van der Waals surface area (Å²) in [5, 5.41) is 14.0. The molecule has 1 saturated carbocycles. The first-order valence-corrected chi connectivity index (χ1v) is 6.94. The van der Waals surface area contributed by atoms with Gasteiger partial charge in [0.2, 0.25) is 5.82 Å². The fourth-order valence-corrected chi connectivity index (χ4v) is 2.28. The first kappa shape index (κ1) is 13.1. The van der Waals surface area contributed by atoms with Crippen molar-refractivity contribution in [3.63, 3.8) is 0 Å². The Balaban J connectivity index is 1.89. The van der Waals surface area contributed by atoms with E-state index >= 15 is 0 Å². The molecule has 0 radical (unpaired) electrons. The van der Waals surface area contributed by atoms with Crippen molar-refractivity contribution in [2.24, 2.45) is 5.92 Å². The Labute approximate surface area is 117 Å². The minimum atomic E-state index is -0.0925. The van der Waals surface area contributed by atoms with Crippen LogP contribution in [0.15, 0.2) is 22.7 Å². The molecule has 1 atom stereocenters. The van der Waals surface area contributed by atoms with E-state index < -0.39 is 0 Å². The molecule has 2 aromatic rings. The van der Waals surface area contributed by atoms with Crippen LogP contribution in [-0.4, -0.2) is 21.9 Å². The Morgan fingerprint density at radius 2 is 2.25 bits per heavy atom. The van der Waals surface area contributed by atoms with Gasteiger partial charge in [0.25, 0.3) is 5.89 Å². The maximum Gasteiger partial charge on any atom is 0.261 e. The third-order valence-electron chi connectivity index (χ3n) is 3.48. The van der Waals surface area contributed by atoms with Gasteiger partial charge in [-0.2, -0.15) is 4.98 Å². The van der Waals surface area contributed by atoms with Gasteiger partial charge in [-0.15, -0.1) is 0 Å². The molecule has 5 heteroatoms. The predicted molar refractivity (Wildman–Crippen MR) is 73.2 cm³/mol. The molecule has 20 heavy (non-hydrogen) atoms. The summed E-state index contributed by atoms with van der Waals surface area (Å²) in [5.74, 6) is 1.55. The molecule has 0 bridgehead atoms. The van der Waals surface area contributed by atoms with Gasteiger partial charge in [-0.3, -0.25) is 0 Å². The summed E-state index contributed by atoms with van der Waals surface area (Å²) in [6, 6.07) is 5.37. The summed E-state index contributed by atoms with van der Waals surface area (Å²) in [5.41, 5.74) is 1.54. The molecule has 1 unspecified atom stereocenters. The predicted octanol–water partition coefficient (Wildman–Crippen LogP) is 3.24. The van der Waals surface area contributed by atoms with Crippen molar-refractivity contribution in [2.75, 3.05) is 6.61 Å². The molecule has 3 rings (SSSR count). The van der Waals surface area contributed by atoms with Crippen LogP contribution in [-0.2, 0) is 4.74 Å². The fraction of sp³-hybridized carbons (Fsp3) is 0.467. The molecule has 1 N–H and O–H groups in total. The first-order valence-electron chi connectivity index (χ1n) is 6.94. The van der Waals surface area contributed by atoms with Crippen LogP contribution in [0.1, 0.15) is 37.3 Å². The summed E-state index contributed by atoms with van der Waals surface area (Å²) < 4.78 is 11.0. The van der Waals surface area contributed by atoms with E-state index in [1.54, 1.807) is 12.1 Å². The normalized spacial score (nSPS) is 16.3. The van der Waals surface area contributed by atoms with Gasteiger partial charge in [-0.05, 0) is 50.3 Å². The lowest BCUT2D eigenvalue weighted by Gasteiger charge is -2.11. The highest BCUT2D eigenvalue weighted by atomic mass is 16.5. The maximum atomic E-state index is 9.96. The molecule has 1 aromatic heterocycles. The molecule has 1 fully saturated rings. The van der Waals surface area contributed by atoms with Crippen molar-refractivity contribution in [3.05, 3.63) is 29.6 Å². The Hall–Kier alpha value is -1.88. The molecule has 1 aliphatic rings. The van der Waals surface area contributed by atoms with Crippen LogP contribution in [0, 0.1) is 12.8 Å². The van der Waals surface area contributed by atoms with Crippen molar-refractivity contribution >= 4 is 0 Å². The lowest BCUT2D eigenvalue weighted by atomic mass is 10.1. The molecule has 1 aliphatic carbocycles. The van der Waals surface area contributed by atoms with E-state index in [4.69, 9.17) is 9.26 Å². The van der Waals surface area contributed by atoms with Crippen LogP contribution in [0.25, 0.3) is 11.5 Å². The summed E-state index contributed by atoms with van der Waals surface area (Å²) in [6.07, 6.45) is 2.19. The van der Waals surface area contributed by atoms with E-state index in [2.05, 4.69) is 10.1 Å². The van der Waals surface area contributed by atoms with E-state index in [9.17, 15) is 5.11 Å². The zero-order chi connectivity index (χ0) is 14.1. The van der Waals surface area contributed by atoms with E-state index in [1.165, 1.54) is 0 Å². The topological polar surface area (TPSA) is 68.4 Å². The number of hydrogen-bond acceptors (Lipinski definition) is 5. The van der Waals surface area contributed by atoms with Gasteiger partial charge in [-0.25, -0.2) is 0 Å². The Morgan fingerprint density at radius 1 is 1.45 bits per heavy atom. The standard InChI is InChI=1S/C15H18N2O3/c1-3-19-13(10-5-6-10)14-16-15(20-17-14)11-7-4-9(2)8-12(11)18/h4,7-8,10,13,18H,3,5-6H2,1-2H3. The molecule has 1 aromatic carbocycles. The van der Waals surface area contributed by atoms with Gasteiger partial charge in [0, 0.05) is 6.61 Å². The fourth-order valence-electron chi connectivity index (χ4n) is 2.28. The summed E-state index contributed by atoms with van der Waals surface area (Å²) in [4.78, 5) is 4.39. The lowest BCUT2D eigenvalue weighted by Crippen LogP contribution is -2.08. The SMILES string of the molecule is CCOC(c1noc(-c2ccc(C)cc2O)n1)C1CC1. The number of nitrogens with zero attached hydrogens (tertiary/aromatic N) is 2. The van der Waals surface area contributed by atoms with Crippen LogP contribution in [0.3, 0.4) is 0 Å². The highest BCUT2D eigenvalue weighted by Gasteiger charge is 2.36. The second-order valence-corrected chi connectivity index (χ2v) is 5.19. The van der Waals surface area contributed by atoms with Gasteiger partial charge >= 0.3 is 0 Å². The van der Waals surface area contributed by atoms with Gasteiger partial charge < -0.3 is 14.4 Å². The minimum absolute atomic E-state index is 0.0925. The second kappa shape index (κ2) is 5.25. The minimum Gasteiger partial charge on any atom is -0.507 e. The average molecular weight is 274 g/mol. The third kappa shape index (κ3) is 2.54. The number of phenols is 1. The van der Waals surface area contributed by atoms with E-state index in [0.717, 1.165) is 18.4 Å². The van der Waals surface area contributed by atoms with Crippen LogP contribution in [0.5, 0.6) is 5.75 Å². The second-order valence-electron chi connectivity index (χ2n) is 5.19. The molecule has 5 nitrogen and oxygen atoms in total.